The maximum atomic E-state index is 11.4. The Kier molecular flexibility index (Phi) is 4.41. The molecule has 2 rings (SSSR count). The van der Waals surface area contributed by atoms with Gasteiger partial charge in [-0.05, 0) is 11.5 Å². The second kappa shape index (κ2) is 6.26. The number of hydrogen-bond donors (Lipinski definition) is 0. The highest BCUT2D eigenvalue weighted by atomic mass is 16.6. The van der Waals surface area contributed by atoms with E-state index in [9.17, 15) is 14.4 Å². The molecule has 0 atom stereocenters. The van der Waals surface area contributed by atoms with Gasteiger partial charge in [0, 0.05) is 26.2 Å². The molecular formula is C16H14O6. The minimum absolute atomic E-state index is 0.0117. The number of carbonyl (C=O) groups excluding carboxylic acids is 3. The van der Waals surface area contributed by atoms with Gasteiger partial charge in [0.15, 0.2) is 11.5 Å². The van der Waals surface area contributed by atoms with Gasteiger partial charge in [0.05, 0.1) is 0 Å². The third-order valence-corrected chi connectivity index (χ3v) is 2.67. The van der Waals surface area contributed by atoms with E-state index >= 15 is 0 Å². The summed E-state index contributed by atoms with van der Waals surface area (Å²) in [7, 11) is 0. The Morgan fingerprint density at radius 3 is 1.91 bits per heavy atom. The predicted molar refractivity (Wildman–Crippen MR) is 77.9 cm³/mol. The zero-order valence-corrected chi connectivity index (χ0v) is 12.3. The molecule has 0 unspecified atom stereocenters. The minimum atomic E-state index is -0.628. The molecule has 0 saturated heterocycles. The van der Waals surface area contributed by atoms with Crippen LogP contribution in [-0.2, 0) is 14.4 Å². The van der Waals surface area contributed by atoms with E-state index in [4.69, 9.17) is 14.2 Å². The topological polar surface area (TPSA) is 78.9 Å². The molecule has 6 heteroatoms. The van der Waals surface area contributed by atoms with E-state index < -0.39 is 17.9 Å². The molecular weight excluding hydrogens is 288 g/mol. The van der Waals surface area contributed by atoms with Gasteiger partial charge >= 0.3 is 17.9 Å². The summed E-state index contributed by atoms with van der Waals surface area (Å²) in [6.07, 6.45) is 0. The van der Waals surface area contributed by atoms with Gasteiger partial charge in [-0.3, -0.25) is 14.4 Å². The summed E-state index contributed by atoms with van der Waals surface area (Å²) < 4.78 is 15.3. The highest BCUT2D eigenvalue weighted by molar-refractivity contribution is 5.96. The van der Waals surface area contributed by atoms with Crippen LogP contribution in [0, 0.1) is 0 Å². The highest BCUT2D eigenvalue weighted by Gasteiger charge is 2.21. The van der Waals surface area contributed by atoms with Gasteiger partial charge < -0.3 is 14.2 Å². The third kappa shape index (κ3) is 3.41. The normalized spacial score (nSPS) is 10.1. The first kappa shape index (κ1) is 15.5. The van der Waals surface area contributed by atoms with Crippen LogP contribution in [0.1, 0.15) is 20.8 Å². The molecule has 0 N–H and O–H groups in total. The average molecular weight is 302 g/mol. The number of carbonyl (C=O) groups is 3. The molecule has 0 bridgehead atoms. The maximum absolute atomic E-state index is 11.4. The van der Waals surface area contributed by atoms with Crippen molar-refractivity contribution in [3.8, 4) is 17.2 Å². The maximum Gasteiger partial charge on any atom is 0.308 e. The van der Waals surface area contributed by atoms with Gasteiger partial charge in [0.2, 0.25) is 5.75 Å². The van der Waals surface area contributed by atoms with Crippen LogP contribution in [0.5, 0.6) is 17.2 Å². The van der Waals surface area contributed by atoms with Crippen molar-refractivity contribution in [2.75, 3.05) is 0 Å². The van der Waals surface area contributed by atoms with E-state index in [-0.39, 0.29) is 17.2 Å². The monoisotopic (exact) mass is 302 g/mol. The summed E-state index contributed by atoms with van der Waals surface area (Å²) in [6.45, 7) is 3.65. The Morgan fingerprint density at radius 1 is 0.773 bits per heavy atom. The molecule has 22 heavy (non-hydrogen) atoms. The van der Waals surface area contributed by atoms with Gasteiger partial charge in [-0.25, -0.2) is 0 Å². The molecule has 0 radical (unpaired) electrons. The largest absolute Gasteiger partial charge is 0.423 e. The molecule has 2 aromatic carbocycles. The van der Waals surface area contributed by atoms with Crippen molar-refractivity contribution in [3.63, 3.8) is 0 Å². The second-order valence-electron chi connectivity index (χ2n) is 4.54. The first-order valence-electron chi connectivity index (χ1n) is 6.49. The Morgan fingerprint density at radius 2 is 1.32 bits per heavy atom. The Hall–Kier alpha value is -2.89. The number of rotatable bonds is 3. The number of ether oxygens (including phenoxy) is 3. The van der Waals surface area contributed by atoms with Crippen LogP contribution < -0.4 is 14.2 Å². The zero-order valence-electron chi connectivity index (χ0n) is 12.3. The van der Waals surface area contributed by atoms with Crippen molar-refractivity contribution in [2.45, 2.75) is 20.8 Å². The highest BCUT2D eigenvalue weighted by Crippen LogP contribution is 2.44. The van der Waals surface area contributed by atoms with Gasteiger partial charge in [-0.15, -0.1) is 0 Å². The lowest BCUT2D eigenvalue weighted by Gasteiger charge is -2.15. The Bertz CT molecular complexity index is 763. The molecule has 0 aliphatic carbocycles. The van der Waals surface area contributed by atoms with E-state index in [0.717, 1.165) is 0 Å². The first-order chi connectivity index (χ1) is 10.4. The fraction of sp³-hybridized carbons (Fsp3) is 0.188. The van der Waals surface area contributed by atoms with Crippen molar-refractivity contribution >= 4 is 28.7 Å². The summed E-state index contributed by atoms with van der Waals surface area (Å²) in [6, 6.07) is 8.54. The Labute approximate surface area is 126 Å². The van der Waals surface area contributed by atoms with Crippen molar-refractivity contribution in [3.05, 3.63) is 30.3 Å². The quantitative estimate of drug-likeness (QED) is 0.640. The van der Waals surface area contributed by atoms with E-state index in [1.54, 1.807) is 30.3 Å². The number of benzene rings is 2. The SMILES string of the molecule is CC(=O)Oc1cc2ccccc2c(OC(C)=O)c1OC(C)=O. The van der Waals surface area contributed by atoms with Crippen LogP contribution in [0.15, 0.2) is 30.3 Å². The second-order valence-corrected chi connectivity index (χ2v) is 4.54. The summed E-state index contributed by atoms with van der Waals surface area (Å²) in [5, 5.41) is 1.23. The lowest BCUT2D eigenvalue weighted by Crippen LogP contribution is -2.11. The van der Waals surface area contributed by atoms with E-state index in [1.807, 2.05) is 0 Å². The molecule has 0 aliphatic heterocycles. The number of esters is 3. The van der Waals surface area contributed by atoms with Gasteiger partial charge in [0.25, 0.3) is 0 Å². The minimum Gasteiger partial charge on any atom is -0.423 e. The summed E-state index contributed by atoms with van der Waals surface area (Å²) in [5.74, 6) is -1.85. The van der Waals surface area contributed by atoms with Gasteiger partial charge in [-0.2, -0.15) is 0 Å². The number of fused-ring (bicyclic) bond motifs is 1. The average Bonchev–Trinajstić information content (AvgIpc) is 2.41. The lowest BCUT2D eigenvalue weighted by atomic mass is 10.1. The zero-order chi connectivity index (χ0) is 16.3. The van der Waals surface area contributed by atoms with Crippen LogP contribution in [0.2, 0.25) is 0 Å². The molecule has 2 aromatic rings. The van der Waals surface area contributed by atoms with Crippen LogP contribution in [0.3, 0.4) is 0 Å². The fourth-order valence-corrected chi connectivity index (χ4v) is 1.99. The molecule has 0 spiro atoms. The van der Waals surface area contributed by atoms with E-state index in [2.05, 4.69) is 0 Å². The van der Waals surface area contributed by atoms with E-state index in [0.29, 0.717) is 10.8 Å². The van der Waals surface area contributed by atoms with Crippen molar-refractivity contribution in [1.82, 2.24) is 0 Å². The van der Waals surface area contributed by atoms with Crippen LogP contribution in [0.4, 0.5) is 0 Å². The molecule has 6 nitrogen and oxygen atoms in total. The summed E-state index contributed by atoms with van der Waals surface area (Å²) in [5.41, 5.74) is 0. The van der Waals surface area contributed by atoms with Crippen LogP contribution in [0.25, 0.3) is 10.8 Å². The molecule has 0 amide bonds. The van der Waals surface area contributed by atoms with Crippen molar-refractivity contribution < 1.29 is 28.6 Å². The summed E-state index contributed by atoms with van der Waals surface area (Å²) >= 11 is 0. The van der Waals surface area contributed by atoms with Crippen molar-refractivity contribution in [2.24, 2.45) is 0 Å². The summed E-state index contributed by atoms with van der Waals surface area (Å²) in [4.78, 5) is 33.9. The van der Waals surface area contributed by atoms with Crippen LogP contribution >= 0.6 is 0 Å². The predicted octanol–water partition coefficient (Wildman–Crippen LogP) is 2.62. The standard InChI is InChI=1S/C16H14O6/c1-9(17)20-14-8-12-6-4-5-7-13(12)15(21-10(2)18)16(14)22-11(3)19/h4-8H,1-3H3. The molecule has 0 saturated carbocycles. The molecule has 0 aliphatic rings. The molecule has 0 aromatic heterocycles. The Balaban J connectivity index is 2.76. The van der Waals surface area contributed by atoms with Crippen LogP contribution in [-0.4, -0.2) is 17.9 Å². The fourth-order valence-electron chi connectivity index (χ4n) is 1.99. The van der Waals surface area contributed by atoms with Crippen molar-refractivity contribution in [1.29, 1.82) is 0 Å². The van der Waals surface area contributed by atoms with Gasteiger partial charge in [0.1, 0.15) is 0 Å². The lowest BCUT2D eigenvalue weighted by molar-refractivity contribution is -0.135. The molecule has 114 valence electrons. The van der Waals surface area contributed by atoms with Gasteiger partial charge in [-0.1, -0.05) is 24.3 Å². The van der Waals surface area contributed by atoms with E-state index in [1.165, 1.54) is 20.8 Å². The number of hydrogen-bond acceptors (Lipinski definition) is 6. The molecule has 0 fully saturated rings. The first-order valence-corrected chi connectivity index (χ1v) is 6.49. The third-order valence-electron chi connectivity index (χ3n) is 2.67. The molecule has 0 heterocycles. The smallest absolute Gasteiger partial charge is 0.308 e.